The lowest BCUT2D eigenvalue weighted by Crippen LogP contribution is -2.41. The number of nitrogens with one attached hydrogen (secondary N) is 1. The molecule has 1 saturated heterocycles. The maximum absolute atomic E-state index is 12.0. The van der Waals surface area contributed by atoms with Gasteiger partial charge in [-0.15, -0.1) is 0 Å². The van der Waals surface area contributed by atoms with Crippen LogP contribution in [0.5, 0.6) is 0 Å². The molecule has 0 saturated carbocycles. The van der Waals surface area contributed by atoms with Gasteiger partial charge in [0.05, 0.1) is 13.2 Å². The Morgan fingerprint density at radius 3 is 2.68 bits per heavy atom. The predicted molar refractivity (Wildman–Crippen MR) is 85.3 cm³/mol. The third-order valence-corrected chi connectivity index (χ3v) is 3.62. The van der Waals surface area contributed by atoms with E-state index in [0.29, 0.717) is 11.6 Å². The normalized spacial score (nSPS) is 16.1. The fraction of sp³-hybridized carbons (Fsp3) is 0.375. The number of carbonyl (C=O) groups is 1. The summed E-state index contributed by atoms with van der Waals surface area (Å²) in [5.74, 6) is -0.356. The van der Waals surface area contributed by atoms with Crippen LogP contribution in [0.4, 0.5) is 0 Å². The molecule has 1 aromatic carbocycles. The number of hydrogen-bond donors (Lipinski definition) is 1. The molecule has 1 heterocycles. The van der Waals surface area contributed by atoms with Gasteiger partial charge in [0.25, 0.3) is 5.91 Å². The van der Waals surface area contributed by atoms with Crippen LogP contribution in [0.3, 0.4) is 0 Å². The number of carbonyl (C=O) groups excluding carboxylic acids is 1. The first kappa shape index (κ1) is 16.5. The number of amides is 1. The molecule has 5 nitrogen and oxygen atoms in total. The van der Waals surface area contributed by atoms with Crippen molar-refractivity contribution in [3.8, 4) is 6.07 Å². The lowest BCUT2D eigenvalue weighted by atomic mass is 10.1. The molecule has 0 unspecified atom stereocenters. The molecule has 2 rings (SSSR count). The number of benzene rings is 1. The van der Waals surface area contributed by atoms with Crippen LogP contribution >= 0.6 is 11.6 Å². The summed E-state index contributed by atoms with van der Waals surface area (Å²) < 4.78 is 5.27. The van der Waals surface area contributed by atoms with Crippen molar-refractivity contribution >= 4 is 23.6 Å². The van der Waals surface area contributed by atoms with Crippen molar-refractivity contribution < 1.29 is 9.53 Å². The number of hydrogen-bond acceptors (Lipinski definition) is 4. The quantitative estimate of drug-likeness (QED) is 0.662. The molecule has 1 amide bonds. The van der Waals surface area contributed by atoms with Crippen molar-refractivity contribution in [1.29, 1.82) is 5.26 Å². The van der Waals surface area contributed by atoms with Crippen molar-refractivity contribution in [2.45, 2.75) is 0 Å². The Kier molecular flexibility index (Phi) is 6.41. The zero-order chi connectivity index (χ0) is 15.8. The topological polar surface area (TPSA) is 65.4 Å². The van der Waals surface area contributed by atoms with Gasteiger partial charge < -0.3 is 10.1 Å². The Morgan fingerprint density at radius 2 is 2.05 bits per heavy atom. The summed E-state index contributed by atoms with van der Waals surface area (Å²) in [6.07, 6.45) is 1.56. The van der Waals surface area contributed by atoms with Crippen LogP contribution in [-0.2, 0) is 9.53 Å². The van der Waals surface area contributed by atoms with Crippen LogP contribution in [-0.4, -0.2) is 50.2 Å². The molecule has 1 fully saturated rings. The van der Waals surface area contributed by atoms with Crippen molar-refractivity contribution in [3.05, 3.63) is 40.4 Å². The third kappa shape index (κ3) is 5.15. The molecule has 0 bridgehead atoms. The van der Waals surface area contributed by atoms with E-state index in [0.717, 1.165) is 38.4 Å². The number of rotatable bonds is 5. The summed E-state index contributed by atoms with van der Waals surface area (Å²) in [5.41, 5.74) is 0.855. The molecule has 1 aliphatic rings. The van der Waals surface area contributed by atoms with Gasteiger partial charge in [0, 0.05) is 31.2 Å². The number of morpholine rings is 1. The molecule has 1 aliphatic heterocycles. The minimum atomic E-state index is -0.356. The maximum Gasteiger partial charge on any atom is 0.261 e. The highest BCUT2D eigenvalue weighted by Crippen LogP contribution is 2.12. The molecule has 0 radical (unpaired) electrons. The summed E-state index contributed by atoms with van der Waals surface area (Å²) in [7, 11) is 0. The molecule has 0 spiro atoms. The van der Waals surface area contributed by atoms with Crippen molar-refractivity contribution in [1.82, 2.24) is 10.2 Å². The van der Waals surface area contributed by atoms with Crippen molar-refractivity contribution in [2.75, 3.05) is 39.4 Å². The zero-order valence-electron chi connectivity index (χ0n) is 12.2. The molecule has 22 heavy (non-hydrogen) atoms. The number of nitrogens with zero attached hydrogens (tertiary/aromatic N) is 2. The molecule has 0 aromatic heterocycles. The van der Waals surface area contributed by atoms with Gasteiger partial charge in [-0.2, -0.15) is 5.26 Å². The summed E-state index contributed by atoms with van der Waals surface area (Å²) in [6, 6.07) is 8.91. The van der Waals surface area contributed by atoms with Gasteiger partial charge in [0.2, 0.25) is 0 Å². The van der Waals surface area contributed by atoms with E-state index in [-0.39, 0.29) is 11.5 Å². The van der Waals surface area contributed by atoms with Gasteiger partial charge in [0.1, 0.15) is 11.6 Å². The maximum atomic E-state index is 12.0. The average molecular weight is 320 g/mol. The summed E-state index contributed by atoms with van der Waals surface area (Å²) >= 11 is 5.81. The van der Waals surface area contributed by atoms with E-state index in [1.165, 1.54) is 0 Å². The number of ether oxygens (including phenoxy) is 1. The van der Waals surface area contributed by atoms with Crippen molar-refractivity contribution in [2.24, 2.45) is 0 Å². The molecule has 1 N–H and O–H groups in total. The van der Waals surface area contributed by atoms with E-state index in [1.54, 1.807) is 30.3 Å². The molecular weight excluding hydrogens is 302 g/mol. The Bertz CT molecular complexity index is 572. The molecule has 0 atom stereocenters. The minimum absolute atomic E-state index is 0.0873. The first-order valence-corrected chi connectivity index (χ1v) is 7.52. The largest absolute Gasteiger partial charge is 0.379 e. The zero-order valence-corrected chi connectivity index (χ0v) is 13.0. The molecule has 0 aliphatic carbocycles. The fourth-order valence-corrected chi connectivity index (χ4v) is 2.25. The highest BCUT2D eigenvalue weighted by Gasteiger charge is 2.12. The van der Waals surface area contributed by atoms with E-state index in [1.807, 2.05) is 6.07 Å². The Hall–Kier alpha value is -1.87. The molecular formula is C16H18ClN3O2. The Morgan fingerprint density at radius 1 is 1.36 bits per heavy atom. The van der Waals surface area contributed by atoms with E-state index >= 15 is 0 Å². The molecule has 6 heteroatoms. The van der Waals surface area contributed by atoms with Crippen LogP contribution in [0.1, 0.15) is 5.56 Å². The van der Waals surface area contributed by atoms with Crippen LogP contribution < -0.4 is 5.32 Å². The van der Waals surface area contributed by atoms with Gasteiger partial charge in [0.15, 0.2) is 0 Å². The highest BCUT2D eigenvalue weighted by atomic mass is 35.5. The van der Waals surface area contributed by atoms with Gasteiger partial charge >= 0.3 is 0 Å². The minimum Gasteiger partial charge on any atom is -0.379 e. The fourth-order valence-electron chi connectivity index (χ4n) is 2.12. The second-order valence-corrected chi connectivity index (χ2v) is 5.37. The van der Waals surface area contributed by atoms with E-state index in [9.17, 15) is 4.79 Å². The Balaban J connectivity index is 1.86. The summed E-state index contributed by atoms with van der Waals surface area (Å²) in [5, 5.41) is 12.5. The Labute approximate surface area is 135 Å². The SMILES string of the molecule is N#CC(=Cc1ccc(Cl)cc1)C(=O)NCCN1CCOCC1. The summed E-state index contributed by atoms with van der Waals surface area (Å²) in [6.45, 7) is 4.48. The highest BCUT2D eigenvalue weighted by molar-refractivity contribution is 6.30. The third-order valence-electron chi connectivity index (χ3n) is 3.36. The smallest absolute Gasteiger partial charge is 0.261 e. The van der Waals surface area contributed by atoms with E-state index in [2.05, 4.69) is 10.2 Å². The monoisotopic (exact) mass is 319 g/mol. The van der Waals surface area contributed by atoms with Gasteiger partial charge in [-0.1, -0.05) is 23.7 Å². The first-order valence-electron chi connectivity index (χ1n) is 7.15. The van der Waals surface area contributed by atoms with Gasteiger partial charge in [-0.05, 0) is 23.8 Å². The lowest BCUT2D eigenvalue weighted by Gasteiger charge is -2.26. The van der Waals surface area contributed by atoms with Crippen LogP contribution in [0.15, 0.2) is 29.8 Å². The molecule has 116 valence electrons. The van der Waals surface area contributed by atoms with E-state index in [4.69, 9.17) is 21.6 Å². The van der Waals surface area contributed by atoms with Crippen LogP contribution in [0.2, 0.25) is 5.02 Å². The number of halogens is 1. The first-order chi connectivity index (χ1) is 10.7. The van der Waals surface area contributed by atoms with Crippen LogP contribution in [0.25, 0.3) is 6.08 Å². The van der Waals surface area contributed by atoms with E-state index < -0.39 is 0 Å². The van der Waals surface area contributed by atoms with Crippen molar-refractivity contribution in [3.63, 3.8) is 0 Å². The summed E-state index contributed by atoms with van der Waals surface area (Å²) in [4.78, 5) is 14.2. The number of nitriles is 1. The lowest BCUT2D eigenvalue weighted by molar-refractivity contribution is -0.117. The van der Waals surface area contributed by atoms with Gasteiger partial charge in [-0.3, -0.25) is 9.69 Å². The second-order valence-electron chi connectivity index (χ2n) is 4.93. The molecule has 1 aromatic rings. The standard InChI is InChI=1S/C16H18ClN3O2/c17-15-3-1-13(2-4-15)11-14(12-18)16(21)19-5-6-20-7-9-22-10-8-20/h1-4,11H,5-10H2,(H,19,21). The van der Waals surface area contributed by atoms with Crippen LogP contribution in [0, 0.1) is 11.3 Å². The predicted octanol–water partition coefficient (Wildman–Crippen LogP) is 1.70. The second kappa shape index (κ2) is 8.54. The average Bonchev–Trinajstić information content (AvgIpc) is 2.55. The van der Waals surface area contributed by atoms with Gasteiger partial charge in [-0.25, -0.2) is 0 Å².